The largest absolute Gasteiger partial charge is 0.493 e. The van der Waals surface area contributed by atoms with Gasteiger partial charge < -0.3 is 20.2 Å². The Hall–Kier alpha value is -3.76. The molecule has 0 amide bonds. The third-order valence-electron chi connectivity index (χ3n) is 4.41. The molecular weight excluding hydrogens is 401 g/mol. The van der Waals surface area contributed by atoms with E-state index in [4.69, 9.17) is 14.9 Å². The highest BCUT2D eigenvalue weighted by Gasteiger charge is 2.34. The Morgan fingerprint density at radius 1 is 1.20 bits per heavy atom. The number of nitrogens with two attached hydrogens (primary N) is 1. The second-order valence-electron chi connectivity index (χ2n) is 6.43. The number of alkyl halides is 3. The lowest BCUT2D eigenvalue weighted by atomic mass is 10.1. The quantitative estimate of drug-likeness (QED) is 0.402. The number of nitrogen functional groups attached to an aromatic ring is 1. The number of halogens is 3. The summed E-state index contributed by atoms with van der Waals surface area (Å²) < 4.78 is 50.8. The standard InChI is InChI=1S/C19H17F3N6O2/c1-2-29-15-4-3-12(8-13(15)19(20,21)22)24-9-11-7-16-10(5-14(11)23)6-17(30-16)18-25-27-28-26-18/h3-8,24H,2,9,23H2,1H3,(H,25,26,27,28). The molecule has 2 aromatic carbocycles. The molecule has 4 aromatic rings. The number of aromatic nitrogens is 4. The highest BCUT2D eigenvalue weighted by atomic mass is 19.4. The van der Waals surface area contributed by atoms with E-state index < -0.39 is 11.7 Å². The minimum absolute atomic E-state index is 0.140. The Morgan fingerprint density at radius 3 is 2.73 bits per heavy atom. The van der Waals surface area contributed by atoms with Crippen LogP contribution in [0.5, 0.6) is 5.75 Å². The number of benzene rings is 2. The summed E-state index contributed by atoms with van der Waals surface area (Å²) in [6.45, 7) is 1.97. The first-order valence-corrected chi connectivity index (χ1v) is 8.99. The van der Waals surface area contributed by atoms with Crippen LogP contribution in [-0.2, 0) is 12.7 Å². The predicted molar refractivity (Wildman–Crippen MR) is 104 cm³/mol. The number of ether oxygens (including phenoxy) is 1. The monoisotopic (exact) mass is 418 g/mol. The minimum Gasteiger partial charge on any atom is -0.493 e. The van der Waals surface area contributed by atoms with Crippen LogP contribution in [0.3, 0.4) is 0 Å². The second-order valence-corrected chi connectivity index (χ2v) is 6.43. The van der Waals surface area contributed by atoms with Crippen molar-refractivity contribution in [1.29, 1.82) is 0 Å². The summed E-state index contributed by atoms with van der Waals surface area (Å²) in [4.78, 5) is 0. The molecule has 0 radical (unpaired) electrons. The smallest absolute Gasteiger partial charge is 0.420 e. The maximum atomic E-state index is 13.3. The Kier molecular flexibility index (Phi) is 4.94. The fraction of sp³-hybridized carbons (Fsp3) is 0.211. The average molecular weight is 418 g/mol. The van der Waals surface area contributed by atoms with Gasteiger partial charge >= 0.3 is 6.18 Å². The highest BCUT2D eigenvalue weighted by Crippen LogP contribution is 2.38. The van der Waals surface area contributed by atoms with Gasteiger partial charge in [0.1, 0.15) is 11.3 Å². The average Bonchev–Trinajstić information content (AvgIpc) is 3.35. The molecule has 0 spiro atoms. The fourth-order valence-corrected chi connectivity index (χ4v) is 3.02. The third kappa shape index (κ3) is 3.86. The molecule has 0 saturated carbocycles. The summed E-state index contributed by atoms with van der Waals surface area (Å²) in [7, 11) is 0. The molecule has 2 heterocycles. The first kappa shape index (κ1) is 19.6. The van der Waals surface area contributed by atoms with Crippen molar-refractivity contribution in [3.63, 3.8) is 0 Å². The molecule has 8 nitrogen and oxygen atoms in total. The summed E-state index contributed by atoms with van der Waals surface area (Å²) in [5, 5.41) is 17.3. The van der Waals surface area contributed by atoms with Crippen LogP contribution in [0.25, 0.3) is 22.6 Å². The van der Waals surface area contributed by atoms with Gasteiger partial charge in [-0.15, -0.1) is 10.2 Å². The zero-order chi connectivity index (χ0) is 21.3. The SMILES string of the molecule is CCOc1ccc(NCc2cc3oc(-c4nn[nH]n4)cc3cc2N)cc1C(F)(F)F. The van der Waals surface area contributed by atoms with Crippen molar-refractivity contribution >= 4 is 22.3 Å². The number of hydrogen-bond donors (Lipinski definition) is 3. The zero-order valence-electron chi connectivity index (χ0n) is 15.7. The second kappa shape index (κ2) is 7.58. The predicted octanol–water partition coefficient (Wildman–Crippen LogP) is 4.22. The molecule has 4 N–H and O–H groups in total. The molecular formula is C19H17F3N6O2. The Labute approximate surface area is 168 Å². The van der Waals surface area contributed by atoms with Crippen LogP contribution in [0.4, 0.5) is 24.5 Å². The number of nitrogens with one attached hydrogen (secondary N) is 2. The Balaban J connectivity index is 1.58. The summed E-state index contributed by atoms with van der Waals surface area (Å²) in [6, 6.07) is 9.01. The van der Waals surface area contributed by atoms with Gasteiger partial charge in [-0.05, 0) is 54.1 Å². The summed E-state index contributed by atoms with van der Waals surface area (Å²) >= 11 is 0. The molecule has 156 valence electrons. The van der Waals surface area contributed by atoms with Gasteiger partial charge in [0.05, 0.1) is 12.2 Å². The lowest BCUT2D eigenvalue weighted by molar-refractivity contribution is -0.138. The molecule has 0 aliphatic heterocycles. The molecule has 0 fully saturated rings. The number of hydrogen-bond acceptors (Lipinski definition) is 7. The van der Waals surface area contributed by atoms with E-state index in [1.54, 1.807) is 25.1 Å². The van der Waals surface area contributed by atoms with Gasteiger partial charge in [-0.1, -0.05) is 0 Å². The number of furan rings is 1. The lowest BCUT2D eigenvalue weighted by Crippen LogP contribution is -2.10. The van der Waals surface area contributed by atoms with Crippen LogP contribution >= 0.6 is 0 Å². The maximum absolute atomic E-state index is 13.3. The molecule has 0 aliphatic rings. The van der Waals surface area contributed by atoms with Gasteiger partial charge in [0.15, 0.2) is 5.76 Å². The minimum atomic E-state index is -4.53. The molecule has 4 rings (SSSR count). The molecule has 2 aromatic heterocycles. The molecule has 11 heteroatoms. The first-order chi connectivity index (χ1) is 14.3. The normalized spacial score (nSPS) is 11.7. The van der Waals surface area contributed by atoms with Crippen LogP contribution in [0.1, 0.15) is 18.1 Å². The third-order valence-corrected chi connectivity index (χ3v) is 4.41. The lowest BCUT2D eigenvalue weighted by Gasteiger charge is -2.16. The van der Waals surface area contributed by atoms with Gasteiger partial charge in [0.2, 0.25) is 5.82 Å². The van der Waals surface area contributed by atoms with Gasteiger partial charge in [0.25, 0.3) is 0 Å². The zero-order valence-corrected chi connectivity index (χ0v) is 15.7. The van der Waals surface area contributed by atoms with Gasteiger partial charge in [-0.25, -0.2) is 0 Å². The van der Waals surface area contributed by atoms with Crippen molar-refractivity contribution in [3.8, 4) is 17.3 Å². The van der Waals surface area contributed by atoms with E-state index >= 15 is 0 Å². The Bertz CT molecular complexity index is 1170. The number of nitrogens with zero attached hydrogens (tertiary/aromatic N) is 3. The van der Waals surface area contributed by atoms with E-state index in [2.05, 4.69) is 25.9 Å². The number of rotatable bonds is 6. The van der Waals surface area contributed by atoms with Crippen molar-refractivity contribution in [2.24, 2.45) is 0 Å². The fourth-order valence-electron chi connectivity index (χ4n) is 3.02. The van der Waals surface area contributed by atoms with Crippen LogP contribution in [0.15, 0.2) is 40.8 Å². The van der Waals surface area contributed by atoms with Crippen molar-refractivity contribution < 1.29 is 22.3 Å². The van der Waals surface area contributed by atoms with Crippen molar-refractivity contribution in [2.75, 3.05) is 17.7 Å². The summed E-state index contributed by atoms with van der Waals surface area (Å²) in [5.41, 5.74) is 7.24. The van der Waals surface area contributed by atoms with Crippen molar-refractivity contribution in [3.05, 3.63) is 47.5 Å². The van der Waals surface area contributed by atoms with Crippen molar-refractivity contribution in [1.82, 2.24) is 20.6 Å². The van der Waals surface area contributed by atoms with E-state index in [-0.39, 0.29) is 24.6 Å². The van der Waals surface area contributed by atoms with E-state index in [1.165, 1.54) is 12.1 Å². The molecule has 0 bridgehead atoms. The number of tetrazole rings is 1. The molecule has 0 saturated heterocycles. The van der Waals surface area contributed by atoms with Gasteiger partial charge in [0, 0.05) is 23.3 Å². The molecule has 0 atom stereocenters. The van der Waals surface area contributed by atoms with E-state index in [1.807, 2.05) is 0 Å². The number of aromatic amines is 1. The van der Waals surface area contributed by atoms with Crippen LogP contribution in [0, 0.1) is 0 Å². The number of fused-ring (bicyclic) bond motifs is 1. The van der Waals surface area contributed by atoms with E-state index in [0.717, 1.165) is 11.5 Å². The van der Waals surface area contributed by atoms with Gasteiger partial charge in [-0.3, -0.25) is 0 Å². The Morgan fingerprint density at radius 2 is 2.03 bits per heavy atom. The molecule has 30 heavy (non-hydrogen) atoms. The topological polar surface area (TPSA) is 115 Å². The summed E-state index contributed by atoms with van der Waals surface area (Å²) in [5.74, 6) is 0.518. The molecule has 0 unspecified atom stereocenters. The maximum Gasteiger partial charge on any atom is 0.420 e. The number of H-pyrrole nitrogens is 1. The van der Waals surface area contributed by atoms with Crippen LogP contribution in [0.2, 0.25) is 0 Å². The number of anilines is 2. The van der Waals surface area contributed by atoms with Gasteiger partial charge in [-0.2, -0.15) is 18.4 Å². The first-order valence-electron chi connectivity index (χ1n) is 8.99. The van der Waals surface area contributed by atoms with E-state index in [9.17, 15) is 13.2 Å². The van der Waals surface area contributed by atoms with Crippen molar-refractivity contribution in [2.45, 2.75) is 19.6 Å². The molecule has 0 aliphatic carbocycles. The van der Waals surface area contributed by atoms with Crippen LogP contribution < -0.4 is 15.8 Å². The van der Waals surface area contributed by atoms with Crippen LogP contribution in [-0.4, -0.2) is 27.2 Å². The highest BCUT2D eigenvalue weighted by molar-refractivity contribution is 5.86. The summed E-state index contributed by atoms with van der Waals surface area (Å²) in [6.07, 6.45) is -4.53. The van der Waals surface area contributed by atoms with E-state index in [0.29, 0.717) is 28.4 Å².